The van der Waals surface area contributed by atoms with Crippen LogP contribution in [-0.4, -0.2) is 26.6 Å². The van der Waals surface area contributed by atoms with E-state index in [9.17, 15) is 17.6 Å². The number of halogens is 1. The molecule has 0 aromatic heterocycles. The SMILES string of the molecule is Cc1ccc(N[C@H](C)C(=O)Nc2cccc(F)c2)cc1NS(C)(=O)=O. The van der Waals surface area contributed by atoms with E-state index in [1.165, 1.54) is 18.2 Å². The van der Waals surface area contributed by atoms with Gasteiger partial charge in [0.2, 0.25) is 15.9 Å². The van der Waals surface area contributed by atoms with Crippen LogP contribution in [0.5, 0.6) is 0 Å². The van der Waals surface area contributed by atoms with Crippen LogP contribution in [0.3, 0.4) is 0 Å². The summed E-state index contributed by atoms with van der Waals surface area (Å²) < 4.78 is 38.4. The van der Waals surface area contributed by atoms with Crippen LogP contribution in [0.1, 0.15) is 12.5 Å². The summed E-state index contributed by atoms with van der Waals surface area (Å²) in [6, 6.07) is 10.1. The van der Waals surface area contributed by atoms with Crippen molar-refractivity contribution in [2.75, 3.05) is 21.6 Å². The summed E-state index contributed by atoms with van der Waals surface area (Å²) in [4.78, 5) is 12.2. The molecule has 134 valence electrons. The van der Waals surface area contributed by atoms with Crippen LogP contribution in [0.15, 0.2) is 42.5 Å². The predicted octanol–water partition coefficient (Wildman–Crippen LogP) is 2.94. The quantitative estimate of drug-likeness (QED) is 0.734. The molecule has 2 aromatic carbocycles. The van der Waals surface area contributed by atoms with E-state index in [1.54, 1.807) is 38.1 Å². The van der Waals surface area contributed by atoms with Crippen molar-refractivity contribution in [2.24, 2.45) is 0 Å². The summed E-state index contributed by atoms with van der Waals surface area (Å²) in [5, 5.41) is 5.60. The van der Waals surface area contributed by atoms with Gasteiger partial charge < -0.3 is 10.6 Å². The Balaban J connectivity index is 2.08. The third-order valence-electron chi connectivity index (χ3n) is 3.40. The first kappa shape index (κ1) is 18.7. The molecule has 0 aliphatic rings. The zero-order chi connectivity index (χ0) is 18.6. The molecule has 8 heteroatoms. The Morgan fingerprint density at radius 3 is 2.48 bits per heavy atom. The highest BCUT2D eigenvalue weighted by Gasteiger charge is 2.14. The van der Waals surface area contributed by atoms with E-state index in [0.29, 0.717) is 17.1 Å². The average molecular weight is 365 g/mol. The van der Waals surface area contributed by atoms with Gasteiger partial charge in [-0.1, -0.05) is 12.1 Å². The Morgan fingerprint density at radius 2 is 1.84 bits per heavy atom. The molecule has 0 unspecified atom stereocenters. The average Bonchev–Trinajstić information content (AvgIpc) is 2.49. The molecular formula is C17H20FN3O3S. The molecule has 0 spiro atoms. The van der Waals surface area contributed by atoms with Gasteiger partial charge in [-0.2, -0.15) is 0 Å². The highest BCUT2D eigenvalue weighted by molar-refractivity contribution is 7.92. The van der Waals surface area contributed by atoms with Gasteiger partial charge in [0.1, 0.15) is 11.9 Å². The maximum Gasteiger partial charge on any atom is 0.246 e. The summed E-state index contributed by atoms with van der Waals surface area (Å²) in [6.45, 7) is 3.43. The van der Waals surface area contributed by atoms with Crippen molar-refractivity contribution < 1.29 is 17.6 Å². The molecule has 0 fully saturated rings. The Labute approximate surface area is 146 Å². The smallest absolute Gasteiger partial charge is 0.246 e. The molecule has 1 atom stereocenters. The van der Waals surface area contributed by atoms with Crippen molar-refractivity contribution >= 4 is 33.0 Å². The van der Waals surface area contributed by atoms with Gasteiger partial charge in [0.25, 0.3) is 0 Å². The largest absolute Gasteiger partial charge is 0.374 e. The Hall–Kier alpha value is -2.61. The first-order valence-corrected chi connectivity index (χ1v) is 9.44. The van der Waals surface area contributed by atoms with Crippen LogP contribution in [0, 0.1) is 12.7 Å². The van der Waals surface area contributed by atoms with Crippen molar-refractivity contribution in [3.8, 4) is 0 Å². The monoisotopic (exact) mass is 365 g/mol. The molecule has 25 heavy (non-hydrogen) atoms. The lowest BCUT2D eigenvalue weighted by molar-refractivity contribution is -0.116. The van der Waals surface area contributed by atoms with E-state index in [1.807, 2.05) is 0 Å². The van der Waals surface area contributed by atoms with E-state index in [4.69, 9.17) is 0 Å². The molecule has 0 aliphatic carbocycles. The number of hydrogen-bond donors (Lipinski definition) is 3. The van der Waals surface area contributed by atoms with E-state index in [-0.39, 0.29) is 5.91 Å². The lowest BCUT2D eigenvalue weighted by atomic mass is 10.1. The first-order valence-electron chi connectivity index (χ1n) is 7.55. The highest BCUT2D eigenvalue weighted by atomic mass is 32.2. The second kappa shape index (κ2) is 7.52. The summed E-state index contributed by atoms with van der Waals surface area (Å²) in [5.41, 5.74) is 2.14. The minimum Gasteiger partial charge on any atom is -0.374 e. The maximum absolute atomic E-state index is 13.2. The number of carbonyl (C=O) groups is 1. The molecular weight excluding hydrogens is 345 g/mol. The Bertz CT molecular complexity index is 884. The van der Waals surface area contributed by atoms with E-state index < -0.39 is 21.9 Å². The topological polar surface area (TPSA) is 87.3 Å². The standard InChI is InChI=1S/C17H20FN3O3S/c1-11-7-8-15(10-16(11)21-25(3,23)24)19-12(2)17(22)20-14-6-4-5-13(18)9-14/h4-10,12,19,21H,1-3H3,(H,20,22)/t12-/m1/s1. The van der Waals surface area contributed by atoms with Gasteiger partial charge in [-0.25, -0.2) is 12.8 Å². The fourth-order valence-corrected chi connectivity index (χ4v) is 2.77. The van der Waals surface area contributed by atoms with Crippen LogP contribution in [0.25, 0.3) is 0 Å². The molecule has 6 nitrogen and oxygen atoms in total. The fourth-order valence-electron chi connectivity index (χ4n) is 2.15. The van der Waals surface area contributed by atoms with Crippen molar-refractivity contribution in [3.05, 3.63) is 53.8 Å². The lowest BCUT2D eigenvalue weighted by Gasteiger charge is -2.17. The number of rotatable bonds is 6. The number of aryl methyl sites for hydroxylation is 1. The molecule has 3 N–H and O–H groups in total. The molecule has 0 saturated heterocycles. The number of sulfonamides is 1. The van der Waals surface area contributed by atoms with Crippen molar-refractivity contribution in [2.45, 2.75) is 19.9 Å². The molecule has 0 bridgehead atoms. The zero-order valence-corrected chi connectivity index (χ0v) is 14.9. The minimum atomic E-state index is -3.40. The number of nitrogens with one attached hydrogen (secondary N) is 3. The zero-order valence-electron chi connectivity index (χ0n) is 14.1. The maximum atomic E-state index is 13.2. The molecule has 0 heterocycles. The highest BCUT2D eigenvalue weighted by Crippen LogP contribution is 2.22. The Kier molecular flexibility index (Phi) is 5.63. The lowest BCUT2D eigenvalue weighted by Crippen LogP contribution is -2.31. The number of hydrogen-bond acceptors (Lipinski definition) is 4. The summed E-state index contributed by atoms with van der Waals surface area (Å²) in [6.07, 6.45) is 1.07. The second-order valence-electron chi connectivity index (χ2n) is 5.77. The number of anilines is 3. The van der Waals surface area contributed by atoms with Crippen molar-refractivity contribution in [1.82, 2.24) is 0 Å². The third kappa shape index (κ3) is 5.75. The molecule has 0 radical (unpaired) electrons. The molecule has 2 aromatic rings. The van der Waals surface area contributed by atoms with Crippen LogP contribution in [0.2, 0.25) is 0 Å². The van der Waals surface area contributed by atoms with E-state index in [0.717, 1.165) is 11.8 Å². The second-order valence-corrected chi connectivity index (χ2v) is 7.52. The van der Waals surface area contributed by atoms with Crippen molar-refractivity contribution in [3.63, 3.8) is 0 Å². The van der Waals surface area contributed by atoms with Crippen LogP contribution >= 0.6 is 0 Å². The molecule has 0 aliphatic heterocycles. The Morgan fingerprint density at radius 1 is 1.12 bits per heavy atom. The fraction of sp³-hybridized carbons (Fsp3) is 0.235. The molecule has 2 rings (SSSR count). The molecule has 1 amide bonds. The number of carbonyl (C=O) groups excluding carboxylic acids is 1. The van der Waals surface area contributed by atoms with Gasteiger partial charge in [-0.15, -0.1) is 0 Å². The number of amides is 1. The van der Waals surface area contributed by atoms with Gasteiger partial charge in [-0.05, 0) is 49.7 Å². The minimum absolute atomic E-state index is 0.344. The van der Waals surface area contributed by atoms with Gasteiger partial charge in [0.05, 0.1) is 11.9 Å². The summed E-state index contributed by atoms with van der Waals surface area (Å²) in [5.74, 6) is -0.780. The number of benzene rings is 2. The third-order valence-corrected chi connectivity index (χ3v) is 3.99. The predicted molar refractivity (Wildman–Crippen MR) is 97.8 cm³/mol. The summed E-state index contributed by atoms with van der Waals surface area (Å²) >= 11 is 0. The van der Waals surface area contributed by atoms with Crippen LogP contribution in [0.4, 0.5) is 21.5 Å². The van der Waals surface area contributed by atoms with Gasteiger partial charge in [-0.3, -0.25) is 9.52 Å². The summed E-state index contributed by atoms with van der Waals surface area (Å²) in [7, 11) is -3.40. The first-order chi connectivity index (χ1) is 11.6. The molecule has 0 saturated carbocycles. The van der Waals surface area contributed by atoms with Gasteiger partial charge in [0, 0.05) is 11.4 Å². The van der Waals surface area contributed by atoms with Crippen molar-refractivity contribution in [1.29, 1.82) is 0 Å². The van der Waals surface area contributed by atoms with Gasteiger partial charge >= 0.3 is 0 Å². The van der Waals surface area contributed by atoms with Gasteiger partial charge in [0.15, 0.2) is 0 Å². The normalized spacial score (nSPS) is 12.3. The van der Waals surface area contributed by atoms with Crippen LogP contribution in [-0.2, 0) is 14.8 Å². The van der Waals surface area contributed by atoms with E-state index in [2.05, 4.69) is 15.4 Å². The van der Waals surface area contributed by atoms with E-state index >= 15 is 0 Å². The van der Waals surface area contributed by atoms with Crippen LogP contribution < -0.4 is 15.4 Å².